The van der Waals surface area contributed by atoms with Crippen molar-refractivity contribution in [3.05, 3.63) is 22.4 Å². The fourth-order valence-corrected chi connectivity index (χ4v) is 0.962. The van der Waals surface area contributed by atoms with Gasteiger partial charge in [0.15, 0.2) is 0 Å². The van der Waals surface area contributed by atoms with Gasteiger partial charge < -0.3 is 6.53 Å². The van der Waals surface area contributed by atoms with Gasteiger partial charge in [0.2, 0.25) is 0 Å². The van der Waals surface area contributed by atoms with Crippen molar-refractivity contribution in [2.24, 2.45) is 0 Å². The minimum Gasteiger partial charge on any atom is -1.00 e. The number of rotatable bonds is 1. The first kappa shape index (κ1) is 9.81. The molecule has 44 valence electrons. The Morgan fingerprint density at radius 2 is 2.44 bits per heavy atom. The topological polar surface area (TPSA) is 37.3 Å². The number of hydrogen-bond donors (Lipinski definition) is 1. The largest absolute Gasteiger partial charge is 1.00 e. The Morgan fingerprint density at radius 3 is 2.67 bits per heavy atom. The predicted molar refractivity (Wildman–Crippen MR) is 32.4 cm³/mol. The third-order valence-corrected chi connectivity index (χ3v) is 1.59. The van der Waals surface area contributed by atoms with Crippen molar-refractivity contribution in [1.29, 1.82) is 0 Å². The Bertz CT molecular complexity index is 188. The van der Waals surface area contributed by atoms with Gasteiger partial charge in [-0.1, -0.05) is 6.07 Å². The van der Waals surface area contributed by atoms with Crippen LogP contribution in [0.5, 0.6) is 0 Å². The Morgan fingerprint density at radius 1 is 1.78 bits per heavy atom. The maximum absolute atomic E-state index is 10.1. The molecular formula is C5H5KO2S. The van der Waals surface area contributed by atoms with E-state index in [0.717, 1.165) is 0 Å². The van der Waals surface area contributed by atoms with E-state index < -0.39 is 5.97 Å². The van der Waals surface area contributed by atoms with E-state index in [9.17, 15) is 4.79 Å². The number of carboxylic acid groups (broad SMARTS) is 1. The van der Waals surface area contributed by atoms with Crippen LogP contribution >= 0.6 is 11.3 Å². The molecule has 0 fully saturated rings. The summed E-state index contributed by atoms with van der Waals surface area (Å²) in [5.41, 5.74) is 0. The van der Waals surface area contributed by atoms with Crippen LogP contribution in [0.1, 0.15) is 11.1 Å². The fourth-order valence-electron chi connectivity index (χ4n) is 0.400. The quantitative estimate of drug-likeness (QED) is 0.522. The van der Waals surface area contributed by atoms with Crippen molar-refractivity contribution >= 4 is 17.3 Å². The Kier molecular flexibility index (Phi) is 5.01. The Hall–Kier alpha value is 0.806. The molecule has 1 N–H and O–H groups in total. The standard InChI is InChI=1S/C5H4O2S.K.H/c6-5(7)4-2-1-3-8-4;;/h1-3H,(H,6,7);;/q;+1;-1. The van der Waals surface area contributed by atoms with E-state index in [-0.39, 0.29) is 52.8 Å². The van der Waals surface area contributed by atoms with Crippen LogP contribution in [0.25, 0.3) is 0 Å². The normalized spacial score (nSPS) is 8.00. The van der Waals surface area contributed by atoms with E-state index in [1.807, 2.05) is 0 Å². The molecule has 0 saturated carbocycles. The van der Waals surface area contributed by atoms with Crippen molar-refractivity contribution in [3.8, 4) is 0 Å². The van der Waals surface area contributed by atoms with Crippen molar-refractivity contribution in [2.75, 3.05) is 0 Å². The van der Waals surface area contributed by atoms with Crippen LogP contribution in [0.3, 0.4) is 0 Å². The molecule has 0 amide bonds. The third-order valence-electron chi connectivity index (χ3n) is 0.732. The van der Waals surface area contributed by atoms with E-state index in [2.05, 4.69) is 0 Å². The van der Waals surface area contributed by atoms with Gasteiger partial charge in [-0.25, -0.2) is 4.79 Å². The molecule has 0 radical (unpaired) electrons. The van der Waals surface area contributed by atoms with E-state index in [0.29, 0.717) is 4.88 Å². The van der Waals surface area contributed by atoms with Crippen LogP contribution < -0.4 is 51.4 Å². The van der Waals surface area contributed by atoms with Crippen LogP contribution in [0.2, 0.25) is 0 Å². The fraction of sp³-hybridized carbons (Fsp3) is 0. The van der Waals surface area contributed by atoms with Gasteiger partial charge in [-0.05, 0) is 11.4 Å². The maximum Gasteiger partial charge on any atom is 1.00 e. The number of hydrogen-bond acceptors (Lipinski definition) is 2. The summed E-state index contributed by atoms with van der Waals surface area (Å²) in [6.45, 7) is 0. The molecule has 1 heterocycles. The molecule has 0 aromatic carbocycles. The molecule has 0 atom stereocenters. The number of carbonyl (C=O) groups is 1. The summed E-state index contributed by atoms with van der Waals surface area (Å²) in [5, 5.41) is 10.0. The molecule has 4 heteroatoms. The van der Waals surface area contributed by atoms with E-state index in [1.165, 1.54) is 11.3 Å². The third kappa shape index (κ3) is 2.93. The van der Waals surface area contributed by atoms with Crippen molar-refractivity contribution < 1.29 is 62.7 Å². The van der Waals surface area contributed by atoms with Crippen molar-refractivity contribution in [1.82, 2.24) is 0 Å². The summed E-state index contributed by atoms with van der Waals surface area (Å²) < 4.78 is 0. The van der Waals surface area contributed by atoms with Gasteiger partial charge in [0.25, 0.3) is 0 Å². The summed E-state index contributed by atoms with van der Waals surface area (Å²) in [7, 11) is 0. The molecule has 9 heavy (non-hydrogen) atoms. The molecule has 0 aliphatic heterocycles. The van der Waals surface area contributed by atoms with Gasteiger partial charge >= 0.3 is 57.4 Å². The second kappa shape index (κ2) is 4.60. The molecule has 0 aliphatic carbocycles. The summed E-state index contributed by atoms with van der Waals surface area (Å²) in [6, 6.07) is 3.29. The smallest absolute Gasteiger partial charge is 1.00 e. The van der Waals surface area contributed by atoms with E-state index in [1.54, 1.807) is 17.5 Å². The zero-order valence-electron chi connectivity index (χ0n) is 6.00. The average Bonchev–Trinajstić information content (AvgIpc) is 2.12. The summed E-state index contributed by atoms with van der Waals surface area (Å²) >= 11 is 1.23. The molecule has 1 aromatic rings. The summed E-state index contributed by atoms with van der Waals surface area (Å²) in [5.74, 6) is -0.847. The summed E-state index contributed by atoms with van der Waals surface area (Å²) in [6.07, 6.45) is 0. The molecule has 1 aromatic heterocycles. The van der Waals surface area contributed by atoms with Crippen molar-refractivity contribution in [2.45, 2.75) is 0 Å². The first-order chi connectivity index (χ1) is 3.80. The Balaban J connectivity index is 0. The molecule has 1 rings (SSSR count). The number of carboxylic acids is 1. The predicted octanol–water partition coefficient (Wildman–Crippen LogP) is -1.44. The zero-order chi connectivity index (χ0) is 5.98. The average molecular weight is 168 g/mol. The minimum atomic E-state index is -0.847. The molecule has 0 saturated heterocycles. The minimum absolute atomic E-state index is 0. The van der Waals surface area contributed by atoms with Crippen LogP contribution in [-0.2, 0) is 0 Å². The van der Waals surface area contributed by atoms with Gasteiger partial charge in [-0.2, -0.15) is 0 Å². The maximum atomic E-state index is 10.1. The number of thiophene rings is 1. The van der Waals surface area contributed by atoms with Crippen LogP contribution in [0.15, 0.2) is 17.5 Å². The van der Waals surface area contributed by atoms with Crippen LogP contribution in [0.4, 0.5) is 0 Å². The first-order valence-electron chi connectivity index (χ1n) is 2.07. The molecule has 0 unspecified atom stereocenters. The van der Waals surface area contributed by atoms with Gasteiger partial charge in [0.1, 0.15) is 4.88 Å². The molecule has 0 bridgehead atoms. The molecule has 0 aliphatic rings. The van der Waals surface area contributed by atoms with Gasteiger partial charge in [0, 0.05) is 0 Å². The molecule has 2 nitrogen and oxygen atoms in total. The van der Waals surface area contributed by atoms with Crippen LogP contribution in [-0.4, -0.2) is 11.1 Å². The van der Waals surface area contributed by atoms with E-state index in [4.69, 9.17) is 5.11 Å². The van der Waals surface area contributed by atoms with Crippen molar-refractivity contribution in [3.63, 3.8) is 0 Å². The monoisotopic (exact) mass is 168 g/mol. The van der Waals surface area contributed by atoms with Gasteiger partial charge in [-0.3, -0.25) is 0 Å². The van der Waals surface area contributed by atoms with Gasteiger partial charge in [-0.15, -0.1) is 11.3 Å². The van der Waals surface area contributed by atoms with E-state index >= 15 is 0 Å². The van der Waals surface area contributed by atoms with Crippen LogP contribution in [0, 0.1) is 0 Å². The first-order valence-corrected chi connectivity index (χ1v) is 2.95. The molecule has 0 spiro atoms. The second-order valence-corrected chi connectivity index (χ2v) is 2.23. The summed E-state index contributed by atoms with van der Waals surface area (Å²) in [4.78, 5) is 10.5. The zero-order valence-corrected chi connectivity index (χ0v) is 8.94. The Labute approximate surface area is 101 Å². The second-order valence-electron chi connectivity index (χ2n) is 1.28. The molecular weight excluding hydrogens is 163 g/mol. The number of aromatic carboxylic acids is 1. The SMILES string of the molecule is O=C(O)c1cccs1.[H-].[K+]. The van der Waals surface area contributed by atoms with Gasteiger partial charge in [0.05, 0.1) is 0 Å².